The van der Waals surface area contributed by atoms with Crippen LogP contribution in [0.4, 0.5) is 10.1 Å². The molecule has 1 aromatic carbocycles. The van der Waals surface area contributed by atoms with Gasteiger partial charge in [0.05, 0.1) is 0 Å². The zero-order valence-corrected chi connectivity index (χ0v) is 14.2. The summed E-state index contributed by atoms with van der Waals surface area (Å²) in [5.74, 6) is 0.420. The van der Waals surface area contributed by atoms with Crippen LogP contribution >= 0.6 is 0 Å². The number of hydrogen-bond acceptors (Lipinski definition) is 2. The van der Waals surface area contributed by atoms with Crippen LogP contribution in [0.1, 0.15) is 40.2 Å². The number of nitrogens with zero attached hydrogens (tertiary/aromatic N) is 1. The van der Waals surface area contributed by atoms with Crippen LogP contribution in [0.2, 0.25) is 0 Å². The van der Waals surface area contributed by atoms with Crippen molar-refractivity contribution < 1.29 is 4.39 Å². The van der Waals surface area contributed by atoms with E-state index in [1.165, 1.54) is 0 Å². The number of halogens is 1. The van der Waals surface area contributed by atoms with E-state index in [4.69, 9.17) is 0 Å². The Morgan fingerprint density at radius 2 is 1.95 bits per heavy atom. The Bertz CT molecular complexity index is 490. The molecule has 0 spiro atoms. The summed E-state index contributed by atoms with van der Waals surface area (Å²) >= 11 is 0. The Morgan fingerprint density at radius 3 is 2.48 bits per heavy atom. The second-order valence-electron chi connectivity index (χ2n) is 7.72. The van der Waals surface area contributed by atoms with E-state index in [1.807, 2.05) is 13.0 Å². The lowest BCUT2D eigenvalue weighted by Crippen LogP contribution is -2.62. The highest BCUT2D eigenvalue weighted by Gasteiger charge is 2.35. The van der Waals surface area contributed by atoms with E-state index in [9.17, 15) is 4.39 Å². The lowest BCUT2D eigenvalue weighted by atomic mass is 9.83. The molecule has 1 fully saturated rings. The molecule has 0 bridgehead atoms. The minimum atomic E-state index is -0.110. The van der Waals surface area contributed by atoms with Gasteiger partial charge in [-0.25, -0.2) is 4.39 Å². The highest BCUT2D eigenvalue weighted by atomic mass is 19.1. The summed E-state index contributed by atoms with van der Waals surface area (Å²) in [5.41, 5.74) is 1.92. The van der Waals surface area contributed by atoms with Crippen LogP contribution in [-0.4, -0.2) is 25.2 Å². The molecule has 1 N–H and O–H groups in total. The molecular formula is C18H29FN2. The Labute approximate surface area is 128 Å². The van der Waals surface area contributed by atoms with Gasteiger partial charge in [0, 0.05) is 30.9 Å². The van der Waals surface area contributed by atoms with Crippen molar-refractivity contribution in [3.05, 3.63) is 29.6 Å². The topological polar surface area (TPSA) is 15.3 Å². The van der Waals surface area contributed by atoms with E-state index in [0.29, 0.717) is 23.6 Å². The van der Waals surface area contributed by atoms with Crippen LogP contribution in [0.25, 0.3) is 0 Å². The third-order valence-electron chi connectivity index (χ3n) is 4.65. The normalized spacial score (nSPS) is 23.7. The third-order valence-corrected chi connectivity index (χ3v) is 4.65. The fourth-order valence-corrected chi connectivity index (χ4v) is 3.00. The second kappa shape index (κ2) is 5.96. The van der Waals surface area contributed by atoms with Crippen molar-refractivity contribution in [1.29, 1.82) is 0 Å². The quantitative estimate of drug-likeness (QED) is 0.887. The van der Waals surface area contributed by atoms with Gasteiger partial charge in [0.2, 0.25) is 0 Å². The number of anilines is 1. The molecule has 118 valence electrons. The average Bonchev–Trinajstić information content (AvgIpc) is 2.40. The molecule has 2 rings (SSSR count). The van der Waals surface area contributed by atoms with Crippen molar-refractivity contribution in [3.8, 4) is 0 Å². The van der Waals surface area contributed by atoms with Crippen LogP contribution < -0.4 is 10.2 Å². The number of benzene rings is 1. The van der Waals surface area contributed by atoms with Gasteiger partial charge >= 0.3 is 0 Å². The monoisotopic (exact) mass is 292 g/mol. The fourth-order valence-electron chi connectivity index (χ4n) is 3.00. The van der Waals surface area contributed by atoms with Crippen LogP contribution in [-0.2, 0) is 0 Å². The first-order chi connectivity index (χ1) is 9.70. The van der Waals surface area contributed by atoms with Crippen molar-refractivity contribution in [2.45, 2.75) is 53.6 Å². The van der Waals surface area contributed by atoms with Crippen molar-refractivity contribution in [2.24, 2.45) is 11.3 Å². The van der Waals surface area contributed by atoms with Gasteiger partial charge in [0.1, 0.15) is 5.82 Å². The molecule has 0 aromatic heterocycles. The smallest absolute Gasteiger partial charge is 0.128 e. The molecule has 2 nitrogen and oxygen atoms in total. The van der Waals surface area contributed by atoms with Gasteiger partial charge in [-0.15, -0.1) is 0 Å². The summed E-state index contributed by atoms with van der Waals surface area (Å²) in [6, 6.07) is 6.45. The van der Waals surface area contributed by atoms with E-state index in [-0.39, 0.29) is 11.2 Å². The van der Waals surface area contributed by atoms with Crippen LogP contribution in [0.5, 0.6) is 0 Å². The lowest BCUT2D eigenvalue weighted by molar-refractivity contribution is 0.221. The van der Waals surface area contributed by atoms with Crippen molar-refractivity contribution in [1.82, 2.24) is 5.32 Å². The molecule has 3 heteroatoms. The number of rotatable bonds is 2. The number of piperazine rings is 1. The Hall–Kier alpha value is -1.09. The first-order valence-corrected chi connectivity index (χ1v) is 7.96. The number of nitrogens with one attached hydrogen (secondary N) is 1. The van der Waals surface area contributed by atoms with Crippen molar-refractivity contribution in [3.63, 3.8) is 0 Å². The zero-order chi connectivity index (χ0) is 15.8. The molecule has 1 saturated heterocycles. The molecule has 1 aliphatic heterocycles. The van der Waals surface area contributed by atoms with E-state index < -0.39 is 0 Å². The molecule has 2 atom stereocenters. The van der Waals surface area contributed by atoms with Gasteiger partial charge in [-0.05, 0) is 36.0 Å². The SMILES string of the molecule is Cc1ccc(N2CC(C(C)(C)C)NCC2C(C)C)cc1F. The predicted molar refractivity (Wildman–Crippen MR) is 88.4 cm³/mol. The number of aryl methyl sites for hydroxylation is 1. The zero-order valence-electron chi connectivity index (χ0n) is 14.2. The summed E-state index contributed by atoms with van der Waals surface area (Å²) in [5, 5.41) is 3.68. The van der Waals surface area contributed by atoms with Crippen molar-refractivity contribution >= 4 is 5.69 Å². The fraction of sp³-hybridized carbons (Fsp3) is 0.667. The highest BCUT2D eigenvalue weighted by molar-refractivity contribution is 5.50. The minimum Gasteiger partial charge on any atom is -0.365 e. The molecular weight excluding hydrogens is 263 g/mol. The Morgan fingerprint density at radius 1 is 1.29 bits per heavy atom. The highest BCUT2D eigenvalue weighted by Crippen LogP contribution is 2.30. The van der Waals surface area contributed by atoms with Crippen molar-refractivity contribution in [2.75, 3.05) is 18.0 Å². The minimum absolute atomic E-state index is 0.110. The maximum atomic E-state index is 14.0. The van der Waals surface area contributed by atoms with Gasteiger partial charge in [0.25, 0.3) is 0 Å². The molecule has 21 heavy (non-hydrogen) atoms. The summed E-state index contributed by atoms with van der Waals surface area (Å²) in [6.45, 7) is 14.9. The second-order valence-corrected chi connectivity index (χ2v) is 7.72. The summed E-state index contributed by atoms with van der Waals surface area (Å²) in [7, 11) is 0. The van der Waals surface area contributed by atoms with Crippen LogP contribution in [0, 0.1) is 24.1 Å². The van der Waals surface area contributed by atoms with E-state index >= 15 is 0 Å². The maximum absolute atomic E-state index is 14.0. The average molecular weight is 292 g/mol. The molecule has 0 amide bonds. The van der Waals surface area contributed by atoms with Gasteiger partial charge in [-0.3, -0.25) is 0 Å². The van der Waals surface area contributed by atoms with Gasteiger partial charge < -0.3 is 10.2 Å². The van der Waals surface area contributed by atoms with Gasteiger partial charge in [-0.1, -0.05) is 40.7 Å². The number of hydrogen-bond donors (Lipinski definition) is 1. The summed E-state index contributed by atoms with van der Waals surface area (Å²) in [4.78, 5) is 2.39. The molecule has 0 aliphatic carbocycles. The van der Waals surface area contributed by atoms with E-state index in [0.717, 1.165) is 18.8 Å². The molecule has 2 unspecified atom stereocenters. The summed E-state index contributed by atoms with van der Waals surface area (Å²) in [6.07, 6.45) is 0. The molecule has 0 radical (unpaired) electrons. The largest absolute Gasteiger partial charge is 0.365 e. The first kappa shape index (κ1) is 16.3. The van der Waals surface area contributed by atoms with E-state index in [1.54, 1.807) is 6.07 Å². The summed E-state index contributed by atoms with van der Waals surface area (Å²) < 4.78 is 14.0. The predicted octanol–water partition coefficient (Wildman–Crippen LogP) is 3.98. The Kier molecular flexibility index (Phi) is 4.62. The lowest BCUT2D eigenvalue weighted by Gasteiger charge is -2.47. The first-order valence-electron chi connectivity index (χ1n) is 7.96. The van der Waals surface area contributed by atoms with Gasteiger partial charge in [0.15, 0.2) is 0 Å². The van der Waals surface area contributed by atoms with Gasteiger partial charge in [-0.2, -0.15) is 0 Å². The molecule has 1 heterocycles. The molecule has 1 aromatic rings. The Balaban J connectivity index is 2.31. The standard InChI is InChI=1S/C18H29FN2/c1-12(2)16-10-20-17(18(4,5)6)11-21(16)14-8-7-13(3)15(19)9-14/h7-9,12,16-17,20H,10-11H2,1-6H3. The molecule has 0 saturated carbocycles. The van der Waals surface area contributed by atoms with Crippen LogP contribution in [0.15, 0.2) is 18.2 Å². The van der Waals surface area contributed by atoms with E-state index in [2.05, 4.69) is 50.9 Å². The maximum Gasteiger partial charge on any atom is 0.128 e. The third kappa shape index (κ3) is 3.57. The molecule has 1 aliphatic rings. The van der Waals surface area contributed by atoms with Crippen LogP contribution in [0.3, 0.4) is 0 Å².